The van der Waals surface area contributed by atoms with Gasteiger partial charge in [0.1, 0.15) is 5.82 Å². The summed E-state index contributed by atoms with van der Waals surface area (Å²) in [6, 6.07) is 7.53. The van der Waals surface area contributed by atoms with Crippen LogP contribution in [0.1, 0.15) is 33.4 Å². The van der Waals surface area contributed by atoms with Gasteiger partial charge in [-0.05, 0) is 36.4 Å². The number of amides is 1. The van der Waals surface area contributed by atoms with Crippen LogP contribution >= 0.6 is 11.3 Å². The summed E-state index contributed by atoms with van der Waals surface area (Å²) in [5.41, 5.74) is 1.17. The zero-order valence-corrected chi connectivity index (χ0v) is 17.0. The molecule has 1 aliphatic heterocycles. The van der Waals surface area contributed by atoms with E-state index < -0.39 is 10.0 Å². The highest BCUT2D eigenvalue weighted by Crippen LogP contribution is 2.27. The number of pyridine rings is 1. The van der Waals surface area contributed by atoms with Crippen LogP contribution in [0.2, 0.25) is 0 Å². The van der Waals surface area contributed by atoms with Gasteiger partial charge in [-0.25, -0.2) is 12.7 Å². The first-order chi connectivity index (χ1) is 13.4. The van der Waals surface area contributed by atoms with Crippen molar-refractivity contribution in [3.05, 3.63) is 52.1 Å². The summed E-state index contributed by atoms with van der Waals surface area (Å²) in [5, 5.41) is 13.4. The van der Waals surface area contributed by atoms with Crippen molar-refractivity contribution in [1.82, 2.24) is 24.2 Å². The van der Waals surface area contributed by atoms with E-state index in [-0.39, 0.29) is 11.8 Å². The van der Waals surface area contributed by atoms with Gasteiger partial charge in [0.2, 0.25) is 10.0 Å². The predicted molar refractivity (Wildman–Crippen MR) is 107 cm³/mol. The zero-order chi connectivity index (χ0) is 19.7. The van der Waals surface area contributed by atoms with E-state index in [2.05, 4.69) is 15.5 Å². The Morgan fingerprint density at radius 2 is 2.18 bits per heavy atom. The monoisotopic (exact) mass is 419 g/mol. The van der Waals surface area contributed by atoms with Crippen molar-refractivity contribution in [2.75, 3.05) is 25.9 Å². The average Bonchev–Trinajstić information content (AvgIpc) is 3.40. The van der Waals surface area contributed by atoms with Crippen molar-refractivity contribution in [2.45, 2.75) is 18.8 Å². The number of nitrogens with one attached hydrogen (secondary N) is 1. The molecule has 0 unspecified atom stereocenters. The second-order valence-corrected chi connectivity index (χ2v) is 9.91. The van der Waals surface area contributed by atoms with Gasteiger partial charge in [0, 0.05) is 36.6 Å². The van der Waals surface area contributed by atoms with Crippen LogP contribution < -0.4 is 5.32 Å². The lowest BCUT2D eigenvalue weighted by Gasteiger charge is -2.12. The van der Waals surface area contributed by atoms with E-state index in [9.17, 15) is 13.2 Å². The summed E-state index contributed by atoms with van der Waals surface area (Å²) in [6.07, 6.45) is 4.43. The summed E-state index contributed by atoms with van der Waals surface area (Å²) in [6.45, 7) is 1.43. The first kappa shape index (κ1) is 19.0. The predicted octanol–water partition coefficient (Wildman–Crippen LogP) is 1.51. The second kappa shape index (κ2) is 7.61. The highest BCUT2D eigenvalue weighted by Gasteiger charge is 2.32. The molecule has 0 bridgehead atoms. The van der Waals surface area contributed by atoms with E-state index >= 15 is 0 Å². The molecule has 1 saturated heterocycles. The van der Waals surface area contributed by atoms with Gasteiger partial charge in [0.15, 0.2) is 5.65 Å². The van der Waals surface area contributed by atoms with Gasteiger partial charge in [-0.1, -0.05) is 6.07 Å². The highest BCUT2D eigenvalue weighted by atomic mass is 32.2. The molecule has 0 aliphatic carbocycles. The summed E-state index contributed by atoms with van der Waals surface area (Å²) in [5.74, 6) is 0.499. The summed E-state index contributed by atoms with van der Waals surface area (Å²) in [4.78, 5) is 13.7. The van der Waals surface area contributed by atoms with Crippen LogP contribution in [0.4, 0.5) is 0 Å². The van der Waals surface area contributed by atoms with Crippen LogP contribution in [0, 0.1) is 0 Å². The molecule has 0 saturated carbocycles. The molecule has 28 heavy (non-hydrogen) atoms. The van der Waals surface area contributed by atoms with Gasteiger partial charge in [-0.15, -0.1) is 21.5 Å². The maximum absolute atomic E-state index is 12.5. The van der Waals surface area contributed by atoms with E-state index in [0.717, 1.165) is 6.42 Å². The molecule has 8 nitrogen and oxygen atoms in total. The number of carbonyl (C=O) groups excluding carboxylic acids is 1. The molecule has 4 heterocycles. The first-order valence-corrected chi connectivity index (χ1v) is 11.7. The number of rotatable bonds is 6. The molecule has 10 heteroatoms. The minimum Gasteiger partial charge on any atom is -0.352 e. The largest absolute Gasteiger partial charge is 0.352 e. The Hall–Kier alpha value is -2.30. The number of aromatic nitrogens is 3. The fraction of sp³-hybridized carbons (Fsp3) is 0.389. The van der Waals surface area contributed by atoms with Gasteiger partial charge in [-0.3, -0.25) is 9.20 Å². The van der Waals surface area contributed by atoms with Crippen LogP contribution in [0.25, 0.3) is 5.65 Å². The number of nitrogens with zero attached hydrogens (tertiary/aromatic N) is 4. The third-order valence-electron chi connectivity index (χ3n) is 4.91. The van der Waals surface area contributed by atoms with E-state index in [1.54, 1.807) is 34.1 Å². The lowest BCUT2D eigenvalue weighted by molar-refractivity contribution is 0.0953. The molecule has 1 atom stereocenters. The number of hydrogen-bond donors (Lipinski definition) is 1. The van der Waals surface area contributed by atoms with Crippen molar-refractivity contribution in [3.63, 3.8) is 0 Å². The third kappa shape index (κ3) is 3.94. The lowest BCUT2D eigenvalue weighted by atomic mass is 10.1. The van der Waals surface area contributed by atoms with Gasteiger partial charge in [0.05, 0.1) is 11.8 Å². The summed E-state index contributed by atoms with van der Waals surface area (Å²) in [7, 11) is -3.22. The molecule has 0 spiro atoms. The van der Waals surface area contributed by atoms with Crippen LogP contribution in [-0.2, 0) is 16.4 Å². The first-order valence-electron chi connectivity index (χ1n) is 9.02. The van der Waals surface area contributed by atoms with Gasteiger partial charge in [-0.2, -0.15) is 0 Å². The van der Waals surface area contributed by atoms with Crippen molar-refractivity contribution in [3.8, 4) is 0 Å². The SMILES string of the molecule is CS(=O)(=O)N1CC[C@H](c2nnc3ccc(C(=O)NCCc4cccs4)cn23)C1. The van der Waals surface area contributed by atoms with Gasteiger partial charge >= 0.3 is 0 Å². The van der Waals surface area contributed by atoms with Crippen molar-refractivity contribution < 1.29 is 13.2 Å². The minimum absolute atomic E-state index is 0.0399. The second-order valence-electron chi connectivity index (χ2n) is 6.90. The Balaban J connectivity index is 1.49. The van der Waals surface area contributed by atoms with E-state index in [4.69, 9.17) is 0 Å². The molecular weight excluding hydrogens is 398 g/mol. The molecule has 1 N–H and O–H groups in total. The quantitative estimate of drug-likeness (QED) is 0.653. The Labute approximate surface area is 167 Å². The Kier molecular flexibility index (Phi) is 5.17. The molecule has 1 amide bonds. The summed E-state index contributed by atoms with van der Waals surface area (Å²) >= 11 is 1.67. The molecule has 148 valence electrons. The Morgan fingerprint density at radius 3 is 2.89 bits per heavy atom. The van der Waals surface area contributed by atoms with E-state index in [1.807, 2.05) is 17.5 Å². The third-order valence-corrected chi connectivity index (χ3v) is 7.12. The summed E-state index contributed by atoms with van der Waals surface area (Å²) < 4.78 is 26.8. The minimum atomic E-state index is -3.22. The Morgan fingerprint density at radius 1 is 1.32 bits per heavy atom. The molecule has 3 aromatic heterocycles. The number of sulfonamides is 1. The average molecular weight is 420 g/mol. The van der Waals surface area contributed by atoms with E-state index in [0.29, 0.717) is 43.1 Å². The van der Waals surface area contributed by atoms with Gasteiger partial charge < -0.3 is 5.32 Å². The number of hydrogen-bond acceptors (Lipinski definition) is 6. The number of carbonyl (C=O) groups is 1. The van der Waals surface area contributed by atoms with Crippen LogP contribution in [0.15, 0.2) is 35.8 Å². The van der Waals surface area contributed by atoms with Gasteiger partial charge in [0.25, 0.3) is 5.91 Å². The fourth-order valence-electron chi connectivity index (χ4n) is 3.42. The van der Waals surface area contributed by atoms with Crippen molar-refractivity contribution >= 4 is 32.9 Å². The van der Waals surface area contributed by atoms with Crippen molar-refractivity contribution in [2.24, 2.45) is 0 Å². The molecule has 3 aromatic rings. The smallest absolute Gasteiger partial charge is 0.252 e. The van der Waals surface area contributed by atoms with Crippen LogP contribution in [-0.4, -0.2) is 59.1 Å². The van der Waals surface area contributed by atoms with Crippen LogP contribution in [0.3, 0.4) is 0 Å². The zero-order valence-electron chi connectivity index (χ0n) is 15.4. The topological polar surface area (TPSA) is 96.7 Å². The molecular formula is C18H21N5O3S2. The van der Waals surface area contributed by atoms with Crippen molar-refractivity contribution in [1.29, 1.82) is 0 Å². The fourth-order valence-corrected chi connectivity index (χ4v) is 5.01. The number of thiophene rings is 1. The molecule has 0 aromatic carbocycles. The maximum Gasteiger partial charge on any atom is 0.252 e. The standard InChI is InChI=1S/C18H21N5O3S2/c1-28(25,26)22-9-7-13(11-22)17-21-20-16-5-4-14(12-23(16)17)18(24)19-8-6-15-3-2-10-27-15/h2-5,10,12-13H,6-9,11H2,1H3,(H,19,24)/t13-/m0/s1. The number of fused-ring (bicyclic) bond motifs is 1. The maximum atomic E-state index is 12.5. The Bertz CT molecular complexity index is 1090. The lowest BCUT2D eigenvalue weighted by Crippen LogP contribution is -2.27. The van der Waals surface area contributed by atoms with Crippen LogP contribution in [0.5, 0.6) is 0 Å². The highest BCUT2D eigenvalue weighted by molar-refractivity contribution is 7.88. The van der Waals surface area contributed by atoms with E-state index in [1.165, 1.54) is 15.4 Å². The molecule has 0 radical (unpaired) electrons. The molecule has 4 rings (SSSR count). The normalized spacial score (nSPS) is 18.0. The molecule has 1 aliphatic rings. The molecule has 1 fully saturated rings.